The van der Waals surface area contributed by atoms with Gasteiger partial charge in [0.15, 0.2) is 23.2 Å². The van der Waals surface area contributed by atoms with Gasteiger partial charge in [0.25, 0.3) is 0 Å². The van der Waals surface area contributed by atoms with Crippen LogP contribution in [-0.2, 0) is 0 Å². The Labute approximate surface area is 295 Å². The van der Waals surface area contributed by atoms with Crippen molar-refractivity contribution in [1.29, 1.82) is 0 Å². The predicted molar refractivity (Wildman–Crippen MR) is 206 cm³/mol. The molecule has 0 amide bonds. The number of nitrogens with zero attached hydrogens (tertiary/aromatic N) is 4. The van der Waals surface area contributed by atoms with Gasteiger partial charge < -0.3 is 4.42 Å². The zero-order chi connectivity index (χ0) is 34.1. The van der Waals surface area contributed by atoms with Crippen LogP contribution in [0.3, 0.4) is 0 Å². The van der Waals surface area contributed by atoms with Crippen LogP contribution in [0.25, 0.3) is 94.3 Å². The maximum atomic E-state index is 7.63. The molecule has 51 heavy (non-hydrogen) atoms. The lowest BCUT2D eigenvalue weighted by molar-refractivity contribution is 0.670. The number of aromatic nitrogens is 3. The third kappa shape index (κ3) is 5.51. The van der Waals surface area contributed by atoms with E-state index in [0.717, 1.165) is 72.0 Å². The van der Waals surface area contributed by atoms with Crippen LogP contribution in [0.15, 0.2) is 174 Å². The molecule has 0 aliphatic rings. The first kappa shape index (κ1) is 29.9. The number of furan rings is 1. The molecule has 5 heteroatoms. The maximum Gasteiger partial charge on any atom is 0.194 e. The van der Waals surface area contributed by atoms with E-state index in [2.05, 4.69) is 71.6 Å². The van der Waals surface area contributed by atoms with Crippen molar-refractivity contribution in [3.63, 3.8) is 0 Å². The summed E-state index contributed by atoms with van der Waals surface area (Å²) in [5.74, 6) is 1.85. The first-order valence-electron chi connectivity index (χ1n) is 16.7. The summed E-state index contributed by atoms with van der Waals surface area (Å²) < 4.78 is 6.60. The van der Waals surface area contributed by atoms with Crippen molar-refractivity contribution in [2.75, 3.05) is 0 Å². The van der Waals surface area contributed by atoms with E-state index >= 15 is 0 Å². The van der Waals surface area contributed by atoms with Crippen LogP contribution in [0.2, 0.25) is 0 Å². The third-order valence-corrected chi connectivity index (χ3v) is 9.21. The molecule has 0 aliphatic carbocycles. The molecule has 0 aliphatic heterocycles. The van der Waals surface area contributed by atoms with Gasteiger partial charge in [-0.3, -0.25) is 0 Å². The summed E-state index contributed by atoms with van der Waals surface area (Å²) in [7, 11) is 0. The van der Waals surface area contributed by atoms with Crippen molar-refractivity contribution in [3.05, 3.63) is 181 Å². The molecular weight excluding hydrogens is 625 g/mol. The number of para-hydroxylation sites is 2. The number of rotatable bonds is 6. The highest BCUT2D eigenvalue weighted by atomic mass is 16.3. The summed E-state index contributed by atoms with van der Waals surface area (Å²) in [5, 5.41) is 2.14. The molecule has 9 rings (SSSR count). The molecular formula is C46H28N4O. The minimum absolute atomic E-state index is 0.603. The molecule has 0 fully saturated rings. The number of fused-ring (bicyclic) bond motifs is 3. The molecule has 0 saturated carbocycles. The second kappa shape index (κ2) is 12.7. The van der Waals surface area contributed by atoms with Crippen molar-refractivity contribution in [3.8, 4) is 67.5 Å². The minimum Gasteiger partial charge on any atom is -0.455 e. The molecule has 0 N–H and O–H groups in total. The SMILES string of the molecule is [C-]#[N+]c1ccccc1-c1ccc(-c2ccc3c(oc4ccccc43)c2-c2ccc(-c3nc(-c4ccccc4)nc(-c4ccccc4)n3)cc2)cc1. The summed E-state index contributed by atoms with van der Waals surface area (Å²) in [5.41, 5.74) is 11.1. The molecule has 0 spiro atoms. The molecule has 0 atom stereocenters. The number of hydrogen-bond acceptors (Lipinski definition) is 4. The maximum absolute atomic E-state index is 7.63. The van der Waals surface area contributed by atoms with E-state index in [0.29, 0.717) is 23.2 Å². The standard InChI is InChI=1S/C46H28N4O/c1-47-40-18-10-8-16-36(40)30-20-22-31(23-21-30)37-28-29-39-38-17-9-11-19-41(38)51-43(39)42(37)32-24-26-35(27-25-32)46-49-44(33-12-4-2-5-13-33)48-45(50-46)34-14-6-3-7-15-34/h2-29H. The van der Waals surface area contributed by atoms with Gasteiger partial charge in [0.2, 0.25) is 0 Å². The fourth-order valence-electron chi connectivity index (χ4n) is 6.68. The van der Waals surface area contributed by atoms with Crippen molar-refractivity contribution in [2.24, 2.45) is 0 Å². The summed E-state index contributed by atoms with van der Waals surface area (Å²) in [6, 6.07) is 57.0. The minimum atomic E-state index is 0.603. The van der Waals surface area contributed by atoms with E-state index in [-0.39, 0.29) is 0 Å². The van der Waals surface area contributed by atoms with E-state index in [4.69, 9.17) is 25.9 Å². The lowest BCUT2D eigenvalue weighted by Gasteiger charge is -2.13. The number of benzene rings is 7. The first-order valence-corrected chi connectivity index (χ1v) is 16.7. The van der Waals surface area contributed by atoms with Gasteiger partial charge in [0, 0.05) is 33.0 Å². The largest absolute Gasteiger partial charge is 0.455 e. The summed E-state index contributed by atoms with van der Waals surface area (Å²) in [6.07, 6.45) is 0. The Bertz CT molecular complexity index is 2670. The molecule has 0 saturated heterocycles. The van der Waals surface area contributed by atoms with Crippen LogP contribution in [-0.4, -0.2) is 15.0 Å². The first-order chi connectivity index (χ1) is 25.2. The highest BCUT2D eigenvalue weighted by Gasteiger charge is 2.19. The van der Waals surface area contributed by atoms with Crippen LogP contribution >= 0.6 is 0 Å². The van der Waals surface area contributed by atoms with Gasteiger partial charge >= 0.3 is 0 Å². The molecule has 0 radical (unpaired) electrons. The summed E-state index contributed by atoms with van der Waals surface area (Å²) >= 11 is 0. The van der Waals surface area contributed by atoms with Crippen molar-refractivity contribution in [1.82, 2.24) is 15.0 Å². The van der Waals surface area contributed by atoms with Gasteiger partial charge in [0.1, 0.15) is 11.2 Å². The topological polar surface area (TPSA) is 56.2 Å². The lowest BCUT2D eigenvalue weighted by atomic mass is 9.91. The van der Waals surface area contributed by atoms with E-state index < -0.39 is 0 Å². The molecule has 2 aromatic heterocycles. The van der Waals surface area contributed by atoms with Crippen molar-refractivity contribution < 1.29 is 4.42 Å². The Morgan fingerprint density at radius 1 is 0.392 bits per heavy atom. The molecule has 7 aromatic carbocycles. The lowest BCUT2D eigenvalue weighted by Crippen LogP contribution is -2.00. The van der Waals surface area contributed by atoms with Crippen molar-refractivity contribution in [2.45, 2.75) is 0 Å². The van der Waals surface area contributed by atoms with Crippen LogP contribution in [0.1, 0.15) is 0 Å². The van der Waals surface area contributed by atoms with Gasteiger partial charge in [-0.05, 0) is 39.9 Å². The van der Waals surface area contributed by atoms with Crippen molar-refractivity contribution >= 4 is 27.6 Å². The molecule has 9 aromatic rings. The highest BCUT2D eigenvalue weighted by molar-refractivity contribution is 6.12. The summed E-state index contributed by atoms with van der Waals surface area (Å²) in [4.78, 5) is 18.4. The van der Waals surface area contributed by atoms with Gasteiger partial charge in [-0.2, -0.15) is 0 Å². The van der Waals surface area contributed by atoms with E-state index in [9.17, 15) is 0 Å². The third-order valence-electron chi connectivity index (χ3n) is 9.21. The van der Waals surface area contributed by atoms with Gasteiger partial charge in [-0.1, -0.05) is 158 Å². The average molecular weight is 653 g/mol. The van der Waals surface area contributed by atoms with E-state index in [1.807, 2.05) is 103 Å². The fourth-order valence-corrected chi connectivity index (χ4v) is 6.68. The molecule has 0 unspecified atom stereocenters. The van der Waals surface area contributed by atoms with Crippen LogP contribution in [0, 0.1) is 6.57 Å². The normalized spacial score (nSPS) is 11.1. The summed E-state index contributed by atoms with van der Waals surface area (Å²) in [6.45, 7) is 7.63. The average Bonchev–Trinajstić information content (AvgIpc) is 3.60. The monoisotopic (exact) mass is 652 g/mol. The van der Waals surface area contributed by atoms with Crippen LogP contribution < -0.4 is 0 Å². The van der Waals surface area contributed by atoms with E-state index in [1.165, 1.54) is 0 Å². The Morgan fingerprint density at radius 2 is 0.882 bits per heavy atom. The van der Waals surface area contributed by atoms with Gasteiger partial charge in [-0.15, -0.1) is 0 Å². The zero-order valence-electron chi connectivity index (χ0n) is 27.4. The van der Waals surface area contributed by atoms with E-state index in [1.54, 1.807) is 0 Å². The fraction of sp³-hybridized carbons (Fsp3) is 0. The molecule has 5 nitrogen and oxygen atoms in total. The molecule has 238 valence electrons. The number of hydrogen-bond donors (Lipinski definition) is 0. The van der Waals surface area contributed by atoms with Gasteiger partial charge in [0.05, 0.1) is 6.57 Å². The van der Waals surface area contributed by atoms with Gasteiger partial charge in [-0.25, -0.2) is 19.8 Å². The quantitative estimate of drug-likeness (QED) is 0.168. The highest BCUT2D eigenvalue weighted by Crippen LogP contribution is 2.43. The second-order valence-electron chi connectivity index (χ2n) is 12.3. The molecule has 2 heterocycles. The Balaban J connectivity index is 1.18. The predicted octanol–water partition coefficient (Wildman–Crippen LogP) is 12.3. The van der Waals surface area contributed by atoms with Crippen LogP contribution in [0.4, 0.5) is 5.69 Å². The Morgan fingerprint density at radius 3 is 1.51 bits per heavy atom. The zero-order valence-corrected chi connectivity index (χ0v) is 27.4. The van der Waals surface area contributed by atoms with Crippen LogP contribution in [0.5, 0.6) is 0 Å². The Hall–Kier alpha value is -7.16. The second-order valence-corrected chi connectivity index (χ2v) is 12.3. The molecule has 0 bridgehead atoms. The Kier molecular flexibility index (Phi) is 7.46. The smallest absolute Gasteiger partial charge is 0.194 e.